The van der Waals surface area contributed by atoms with E-state index in [0.717, 1.165) is 5.39 Å². The lowest BCUT2D eigenvalue weighted by Gasteiger charge is -2.03. The number of imidazole rings is 1. The van der Waals surface area contributed by atoms with Crippen molar-refractivity contribution in [3.63, 3.8) is 0 Å². The Hall–Kier alpha value is -2.83. The number of benzene rings is 1. The lowest BCUT2D eigenvalue weighted by molar-refractivity contribution is 0.0602. The smallest absolute Gasteiger partial charge is 0.340 e. The van der Waals surface area contributed by atoms with E-state index in [1.807, 2.05) is 0 Å². The molecule has 1 aromatic carbocycles. The number of ether oxygens (including phenoxy) is 2. The summed E-state index contributed by atoms with van der Waals surface area (Å²) in [4.78, 5) is 18.7. The zero-order valence-corrected chi connectivity index (χ0v) is 11.0. The zero-order valence-electron chi connectivity index (χ0n) is 11.0. The van der Waals surface area contributed by atoms with Crippen molar-refractivity contribution in [2.75, 3.05) is 14.2 Å². The van der Waals surface area contributed by atoms with Crippen LogP contribution in [0, 0.1) is 0 Å². The number of esters is 1. The Morgan fingerprint density at radius 2 is 2.20 bits per heavy atom. The molecule has 0 aliphatic carbocycles. The molecule has 0 atom stereocenters. The Balaban J connectivity index is 2.26. The molecule has 0 spiro atoms. The molecule has 7 nitrogen and oxygen atoms in total. The van der Waals surface area contributed by atoms with E-state index in [1.54, 1.807) is 42.6 Å². The maximum absolute atomic E-state index is 11.8. The fraction of sp³-hybridized carbons (Fsp3) is 0.154. The van der Waals surface area contributed by atoms with Crippen molar-refractivity contribution in [3.8, 4) is 11.6 Å². The van der Waals surface area contributed by atoms with Gasteiger partial charge in [0.2, 0.25) is 0 Å². The van der Waals surface area contributed by atoms with Gasteiger partial charge in [-0.05, 0) is 12.1 Å². The lowest BCUT2D eigenvalue weighted by Crippen LogP contribution is -2.03. The normalized spacial score (nSPS) is 10.7. The second kappa shape index (κ2) is 4.69. The topological polar surface area (TPSA) is 82.0 Å². The van der Waals surface area contributed by atoms with Crippen LogP contribution in [0.4, 0.5) is 0 Å². The van der Waals surface area contributed by atoms with Gasteiger partial charge in [-0.25, -0.2) is 14.5 Å². The number of nitrogens with one attached hydrogen (secondary N) is 1. The minimum atomic E-state index is -0.437. The average molecular weight is 272 g/mol. The maximum Gasteiger partial charge on any atom is 0.340 e. The summed E-state index contributed by atoms with van der Waals surface area (Å²) in [6.45, 7) is 0. The highest BCUT2D eigenvalue weighted by Gasteiger charge is 2.17. The van der Waals surface area contributed by atoms with E-state index < -0.39 is 5.97 Å². The van der Waals surface area contributed by atoms with Crippen LogP contribution in [-0.4, -0.2) is 39.9 Å². The maximum atomic E-state index is 11.8. The molecule has 20 heavy (non-hydrogen) atoms. The highest BCUT2D eigenvalue weighted by Crippen LogP contribution is 2.28. The Morgan fingerprint density at radius 3 is 2.85 bits per heavy atom. The van der Waals surface area contributed by atoms with Gasteiger partial charge in [0, 0.05) is 6.20 Å². The Kier molecular flexibility index (Phi) is 2.86. The molecule has 1 N–H and O–H groups in total. The van der Waals surface area contributed by atoms with Crippen molar-refractivity contribution in [2.24, 2.45) is 0 Å². The van der Waals surface area contributed by atoms with Gasteiger partial charge >= 0.3 is 5.97 Å². The first-order valence-corrected chi connectivity index (χ1v) is 5.88. The molecule has 0 bridgehead atoms. The van der Waals surface area contributed by atoms with Gasteiger partial charge in [0.15, 0.2) is 5.82 Å². The molecular weight excluding hydrogens is 260 g/mol. The molecule has 0 amide bonds. The van der Waals surface area contributed by atoms with Gasteiger partial charge in [0.1, 0.15) is 11.3 Å². The number of H-pyrrole nitrogens is 1. The Morgan fingerprint density at radius 1 is 1.35 bits per heavy atom. The number of hydrogen-bond donors (Lipinski definition) is 1. The van der Waals surface area contributed by atoms with Crippen LogP contribution in [0.1, 0.15) is 10.4 Å². The van der Waals surface area contributed by atoms with Crippen LogP contribution < -0.4 is 4.74 Å². The summed E-state index contributed by atoms with van der Waals surface area (Å²) >= 11 is 0. The highest BCUT2D eigenvalue weighted by molar-refractivity contribution is 6.04. The molecule has 2 heterocycles. The van der Waals surface area contributed by atoms with E-state index in [9.17, 15) is 4.79 Å². The summed E-state index contributed by atoms with van der Waals surface area (Å²) in [5, 5.41) is 5.12. The number of fused-ring (bicyclic) bond motifs is 1. The number of hydrogen-bond acceptors (Lipinski definition) is 5. The molecule has 0 aliphatic heterocycles. The second-order valence-corrected chi connectivity index (χ2v) is 4.08. The molecule has 3 aromatic rings. The fourth-order valence-electron chi connectivity index (χ4n) is 2.03. The Labute approximate surface area is 114 Å². The largest absolute Gasteiger partial charge is 0.496 e. The summed E-state index contributed by atoms with van der Waals surface area (Å²) < 4.78 is 11.7. The van der Waals surface area contributed by atoms with Crippen LogP contribution in [0.2, 0.25) is 0 Å². The van der Waals surface area contributed by atoms with Crippen LogP contribution in [0.5, 0.6) is 5.75 Å². The summed E-state index contributed by atoms with van der Waals surface area (Å²) in [6, 6.07) is 3.35. The number of carbonyl (C=O) groups excluding carboxylic acids is 1. The minimum absolute atomic E-state index is 0.390. The number of nitrogens with zero attached hydrogens (tertiary/aromatic N) is 3. The first kappa shape index (κ1) is 12.2. The standard InChI is InChI=1S/C13H12N4O3/c1-19-10-4-3-8(13(18)20-2)12-9(10)6-17(16-12)11-5-14-7-15-11/h3-7H,1-2H3,(H,14,15). The number of aromatic amines is 1. The van der Waals surface area contributed by atoms with Crippen LogP contribution in [0.15, 0.2) is 30.9 Å². The fourth-order valence-corrected chi connectivity index (χ4v) is 2.03. The number of carbonyl (C=O) groups is 1. The molecule has 2 aromatic heterocycles. The van der Waals surface area contributed by atoms with Crippen molar-refractivity contribution < 1.29 is 14.3 Å². The average Bonchev–Trinajstić information content (AvgIpc) is 3.13. The van der Waals surface area contributed by atoms with Gasteiger partial charge in [0.25, 0.3) is 0 Å². The van der Waals surface area contributed by atoms with Gasteiger partial charge in [-0.2, -0.15) is 5.10 Å². The van der Waals surface area contributed by atoms with E-state index in [0.29, 0.717) is 22.6 Å². The summed E-state index contributed by atoms with van der Waals surface area (Å²) in [5.74, 6) is 0.894. The number of aromatic nitrogens is 4. The second-order valence-electron chi connectivity index (χ2n) is 4.08. The van der Waals surface area contributed by atoms with Gasteiger partial charge in [-0.1, -0.05) is 0 Å². The predicted octanol–water partition coefficient (Wildman–Crippen LogP) is 1.54. The Bertz CT molecular complexity index is 761. The third-order valence-electron chi connectivity index (χ3n) is 2.99. The molecular formula is C13H12N4O3. The molecule has 0 saturated heterocycles. The number of rotatable bonds is 3. The minimum Gasteiger partial charge on any atom is -0.496 e. The molecule has 3 rings (SSSR count). The van der Waals surface area contributed by atoms with Gasteiger partial charge < -0.3 is 14.5 Å². The first-order valence-electron chi connectivity index (χ1n) is 5.88. The van der Waals surface area contributed by atoms with E-state index in [-0.39, 0.29) is 0 Å². The molecule has 0 radical (unpaired) electrons. The van der Waals surface area contributed by atoms with Crippen LogP contribution in [-0.2, 0) is 4.74 Å². The SMILES string of the molecule is COC(=O)c1ccc(OC)c2cn(-c3cnc[nH]3)nc12. The van der Waals surface area contributed by atoms with E-state index in [4.69, 9.17) is 9.47 Å². The predicted molar refractivity (Wildman–Crippen MR) is 71.1 cm³/mol. The molecule has 102 valence electrons. The quantitative estimate of drug-likeness (QED) is 0.731. The summed E-state index contributed by atoms with van der Waals surface area (Å²) in [5.41, 5.74) is 0.910. The molecule has 0 saturated carbocycles. The van der Waals surface area contributed by atoms with Crippen LogP contribution in [0.3, 0.4) is 0 Å². The van der Waals surface area contributed by atoms with E-state index in [2.05, 4.69) is 15.1 Å². The molecule has 0 unspecified atom stereocenters. The summed E-state index contributed by atoms with van der Waals surface area (Å²) in [6.07, 6.45) is 4.96. The lowest BCUT2D eigenvalue weighted by atomic mass is 10.1. The molecule has 0 fully saturated rings. The van der Waals surface area contributed by atoms with Crippen LogP contribution in [0.25, 0.3) is 16.7 Å². The zero-order chi connectivity index (χ0) is 14.1. The van der Waals surface area contributed by atoms with Crippen molar-refractivity contribution >= 4 is 16.9 Å². The first-order chi connectivity index (χ1) is 9.74. The highest BCUT2D eigenvalue weighted by atomic mass is 16.5. The molecule has 7 heteroatoms. The number of methoxy groups -OCH3 is 2. The summed E-state index contributed by atoms with van der Waals surface area (Å²) in [7, 11) is 2.91. The molecule has 0 aliphatic rings. The van der Waals surface area contributed by atoms with Crippen molar-refractivity contribution in [1.82, 2.24) is 19.7 Å². The van der Waals surface area contributed by atoms with Gasteiger partial charge in [0.05, 0.1) is 37.7 Å². The van der Waals surface area contributed by atoms with Crippen LogP contribution >= 0.6 is 0 Å². The van der Waals surface area contributed by atoms with Crippen molar-refractivity contribution in [1.29, 1.82) is 0 Å². The van der Waals surface area contributed by atoms with E-state index in [1.165, 1.54) is 7.11 Å². The van der Waals surface area contributed by atoms with Gasteiger partial charge in [-0.3, -0.25) is 0 Å². The van der Waals surface area contributed by atoms with E-state index >= 15 is 0 Å². The van der Waals surface area contributed by atoms with Crippen molar-refractivity contribution in [2.45, 2.75) is 0 Å². The van der Waals surface area contributed by atoms with Gasteiger partial charge in [-0.15, -0.1) is 0 Å². The monoisotopic (exact) mass is 272 g/mol. The third-order valence-corrected chi connectivity index (χ3v) is 2.99. The van der Waals surface area contributed by atoms with Crippen molar-refractivity contribution in [3.05, 3.63) is 36.4 Å². The third kappa shape index (κ3) is 1.80.